The van der Waals surface area contributed by atoms with Crippen LogP contribution in [-0.2, 0) is 4.79 Å². The Morgan fingerprint density at radius 2 is 2.05 bits per heavy atom. The van der Waals surface area contributed by atoms with Crippen molar-refractivity contribution in [2.75, 3.05) is 6.54 Å². The number of amides is 2. The lowest BCUT2D eigenvalue weighted by molar-refractivity contribution is -0.121. The van der Waals surface area contributed by atoms with Crippen LogP contribution in [0.15, 0.2) is 18.2 Å². The van der Waals surface area contributed by atoms with Gasteiger partial charge in [0.05, 0.1) is 5.56 Å². The van der Waals surface area contributed by atoms with Gasteiger partial charge in [0.2, 0.25) is 5.91 Å². The summed E-state index contributed by atoms with van der Waals surface area (Å²) in [4.78, 5) is 23.4. The Bertz CT molecular complexity index is 486. The number of phenols is 1. The fourth-order valence-corrected chi connectivity index (χ4v) is 1.67. The predicted molar refractivity (Wildman–Crippen MR) is 77.7 cm³/mol. The normalized spacial score (nSPS) is 11.8. The number of aryl methyl sites for hydroxylation is 1. The summed E-state index contributed by atoms with van der Waals surface area (Å²) in [5.74, 6) is -0.516. The molecule has 1 aromatic carbocycles. The molecular weight excluding hydrogens is 256 g/mol. The van der Waals surface area contributed by atoms with Crippen molar-refractivity contribution in [1.29, 1.82) is 0 Å². The maximum atomic E-state index is 11.8. The number of rotatable bonds is 6. The zero-order chi connectivity index (χ0) is 15.1. The predicted octanol–water partition coefficient (Wildman–Crippen LogP) is 1.74. The van der Waals surface area contributed by atoms with Gasteiger partial charge in [-0.05, 0) is 38.0 Å². The van der Waals surface area contributed by atoms with Crippen molar-refractivity contribution in [2.24, 2.45) is 0 Å². The van der Waals surface area contributed by atoms with Gasteiger partial charge in [0.15, 0.2) is 0 Å². The van der Waals surface area contributed by atoms with Crippen molar-refractivity contribution >= 4 is 11.8 Å². The van der Waals surface area contributed by atoms with E-state index in [1.807, 2.05) is 20.8 Å². The summed E-state index contributed by atoms with van der Waals surface area (Å²) < 4.78 is 0. The zero-order valence-corrected chi connectivity index (χ0v) is 12.2. The molecule has 0 heterocycles. The molecule has 0 bridgehead atoms. The number of hydrogen-bond acceptors (Lipinski definition) is 3. The molecule has 20 heavy (non-hydrogen) atoms. The fraction of sp³-hybridized carbons (Fsp3) is 0.467. The molecule has 1 atom stereocenters. The Balaban J connectivity index is 2.42. The second kappa shape index (κ2) is 7.53. The van der Waals surface area contributed by atoms with E-state index in [4.69, 9.17) is 0 Å². The van der Waals surface area contributed by atoms with Crippen molar-refractivity contribution in [1.82, 2.24) is 10.6 Å². The molecule has 0 saturated carbocycles. The topological polar surface area (TPSA) is 78.4 Å². The number of hydrogen-bond donors (Lipinski definition) is 3. The molecule has 0 aliphatic carbocycles. The van der Waals surface area contributed by atoms with Crippen LogP contribution >= 0.6 is 0 Å². The number of carbonyl (C=O) groups is 2. The second-order valence-corrected chi connectivity index (χ2v) is 4.90. The van der Waals surface area contributed by atoms with Gasteiger partial charge in [0.1, 0.15) is 5.75 Å². The average molecular weight is 278 g/mol. The van der Waals surface area contributed by atoms with E-state index >= 15 is 0 Å². The minimum Gasteiger partial charge on any atom is -0.507 e. The second-order valence-electron chi connectivity index (χ2n) is 4.90. The summed E-state index contributed by atoms with van der Waals surface area (Å²) >= 11 is 0. The molecule has 110 valence electrons. The van der Waals surface area contributed by atoms with E-state index in [-0.39, 0.29) is 42.1 Å². The quantitative estimate of drug-likeness (QED) is 0.741. The summed E-state index contributed by atoms with van der Waals surface area (Å²) in [6.07, 6.45) is 1.10. The van der Waals surface area contributed by atoms with Crippen LogP contribution in [0.4, 0.5) is 0 Å². The number of carbonyl (C=O) groups excluding carboxylic acids is 2. The van der Waals surface area contributed by atoms with Crippen LogP contribution in [0.25, 0.3) is 0 Å². The molecular formula is C15H22N2O3. The van der Waals surface area contributed by atoms with Crippen LogP contribution in [0.1, 0.15) is 42.6 Å². The average Bonchev–Trinajstić information content (AvgIpc) is 2.38. The maximum Gasteiger partial charge on any atom is 0.255 e. The van der Waals surface area contributed by atoms with Crippen LogP contribution in [0.2, 0.25) is 0 Å². The molecule has 0 aliphatic rings. The molecule has 0 fully saturated rings. The van der Waals surface area contributed by atoms with Crippen molar-refractivity contribution in [3.8, 4) is 5.75 Å². The van der Waals surface area contributed by atoms with E-state index in [0.29, 0.717) is 0 Å². The minimum atomic E-state index is -0.376. The molecule has 1 rings (SSSR count). The van der Waals surface area contributed by atoms with Crippen molar-refractivity contribution < 1.29 is 14.7 Å². The zero-order valence-electron chi connectivity index (χ0n) is 12.2. The molecule has 0 aromatic heterocycles. The van der Waals surface area contributed by atoms with E-state index in [1.165, 1.54) is 6.07 Å². The van der Waals surface area contributed by atoms with Gasteiger partial charge in [-0.3, -0.25) is 9.59 Å². The molecule has 0 saturated heterocycles. The summed E-state index contributed by atoms with van der Waals surface area (Å²) in [5.41, 5.74) is 1.10. The van der Waals surface area contributed by atoms with Gasteiger partial charge in [0, 0.05) is 19.0 Å². The largest absolute Gasteiger partial charge is 0.507 e. The Morgan fingerprint density at radius 3 is 2.65 bits per heavy atom. The molecule has 2 amide bonds. The number of benzene rings is 1. The van der Waals surface area contributed by atoms with Gasteiger partial charge >= 0.3 is 0 Å². The van der Waals surface area contributed by atoms with Crippen LogP contribution in [0, 0.1) is 6.92 Å². The maximum absolute atomic E-state index is 11.8. The van der Waals surface area contributed by atoms with Gasteiger partial charge in [-0.2, -0.15) is 0 Å². The summed E-state index contributed by atoms with van der Waals surface area (Å²) in [6, 6.07) is 4.99. The van der Waals surface area contributed by atoms with Crippen molar-refractivity contribution in [3.05, 3.63) is 29.3 Å². The van der Waals surface area contributed by atoms with Crippen molar-refractivity contribution in [3.63, 3.8) is 0 Å². The highest BCUT2D eigenvalue weighted by Gasteiger charge is 2.11. The monoisotopic (exact) mass is 278 g/mol. The first kappa shape index (κ1) is 16.0. The highest BCUT2D eigenvalue weighted by atomic mass is 16.3. The van der Waals surface area contributed by atoms with Crippen LogP contribution in [0.3, 0.4) is 0 Å². The minimum absolute atomic E-state index is 0.0495. The van der Waals surface area contributed by atoms with Gasteiger partial charge in [-0.1, -0.05) is 13.0 Å². The molecule has 0 spiro atoms. The highest BCUT2D eigenvalue weighted by molar-refractivity contribution is 5.97. The first-order chi connectivity index (χ1) is 9.43. The lowest BCUT2D eigenvalue weighted by Crippen LogP contribution is -2.35. The van der Waals surface area contributed by atoms with E-state index in [0.717, 1.165) is 12.0 Å². The third-order valence-corrected chi connectivity index (χ3v) is 3.06. The number of nitrogens with one attached hydrogen (secondary N) is 2. The summed E-state index contributed by atoms with van der Waals surface area (Å²) in [7, 11) is 0. The first-order valence-corrected chi connectivity index (χ1v) is 6.81. The molecule has 0 radical (unpaired) electrons. The Kier molecular flexibility index (Phi) is 6.03. The van der Waals surface area contributed by atoms with E-state index in [9.17, 15) is 14.7 Å². The molecule has 0 aliphatic heterocycles. The van der Waals surface area contributed by atoms with Crippen molar-refractivity contribution in [2.45, 2.75) is 39.7 Å². The smallest absolute Gasteiger partial charge is 0.255 e. The Morgan fingerprint density at radius 1 is 1.35 bits per heavy atom. The van der Waals surface area contributed by atoms with Gasteiger partial charge in [-0.15, -0.1) is 0 Å². The summed E-state index contributed by atoms with van der Waals surface area (Å²) in [5, 5.41) is 15.1. The lowest BCUT2D eigenvalue weighted by Gasteiger charge is -2.11. The highest BCUT2D eigenvalue weighted by Crippen LogP contribution is 2.17. The number of phenolic OH excluding ortho intramolecular Hbond substituents is 1. The number of aromatic hydroxyl groups is 1. The molecule has 3 N–H and O–H groups in total. The van der Waals surface area contributed by atoms with E-state index < -0.39 is 0 Å². The van der Waals surface area contributed by atoms with Crippen LogP contribution in [0.5, 0.6) is 5.75 Å². The van der Waals surface area contributed by atoms with Crippen LogP contribution < -0.4 is 10.6 Å². The fourth-order valence-electron chi connectivity index (χ4n) is 1.67. The third kappa shape index (κ3) is 4.91. The van der Waals surface area contributed by atoms with Gasteiger partial charge in [-0.25, -0.2) is 0 Å². The van der Waals surface area contributed by atoms with Crippen LogP contribution in [-0.4, -0.2) is 29.5 Å². The van der Waals surface area contributed by atoms with Gasteiger partial charge in [0.25, 0.3) is 5.91 Å². The standard InChI is InChI=1S/C15H22N2O3/c1-4-11(3)17-14(19)7-8-16-15(20)12-6-5-10(2)9-13(12)18/h5-6,9,11,18H,4,7-8H2,1-3H3,(H,16,20)(H,17,19)/t11-/m0/s1. The Hall–Kier alpha value is -2.04. The SMILES string of the molecule is CC[C@H](C)NC(=O)CCNC(=O)c1ccc(C)cc1O. The molecule has 5 nitrogen and oxygen atoms in total. The van der Waals surface area contributed by atoms with E-state index in [1.54, 1.807) is 12.1 Å². The Labute approximate surface area is 119 Å². The molecule has 5 heteroatoms. The van der Waals surface area contributed by atoms with Gasteiger partial charge < -0.3 is 15.7 Å². The lowest BCUT2D eigenvalue weighted by atomic mass is 10.1. The molecule has 0 unspecified atom stereocenters. The van der Waals surface area contributed by atoms with E-state index in [2.05, 4.69) is 10.6 Å². The molecule has 1 aromatic rings. The first-order valence-electron chi connectivity index (χ1n) is 6.81. The third-order valence-electron chi connectivity index (χ3n) is 3.06. The summed E-state index contributed by atoms with van der Waals surface area (Å²) in [6.45, 7) is 6.00.